The van der Waals surface area contributed by atoms with Gasteiger partial charge in [-0.1, -0.05) is 18.2 Å². The highest BCUT2D eigenvalue weighted by atomic mass is 16.7. The van der Waals surface area contributed by atoms with E-state index in [-0.39, 0.29) is 18.4 Å². The molecule has 0 bridgehead atoms. The summed E-state index contributed by atoms with van der Waals surface area (Å²) >= 11 is 0. The van der Waals surface area contributed by atoms with E-state index >= 15 is 0 Å². The van der Waals surface area contributed by atoms with E-state index in [0.717, 1.165) is 36.7 Å². The van der Waals surface area contributed by atoms with Crippen molar-refractivity contribution >= 4 is 17.7 Å². The zero-order chi connectivity index (χ0) is 20.2. The summed E-state index contributed by atoms with van der Waals surface area (Å²) in [4.78, 5) is 26.9. The minimum atomic E-state index is -0.446. The van der Waals surface area contributed by atoms with Crippen LogP contribution in [0.15, 0.2) is 48.5 Å². The summed E-state index contributed by atoms with van der Waals surface area (Å²) in [5.74, 6) is 1.47. The van der Waals surface area contributed by atoms with Gasteiger partial charge in [0.15, 0.2) is 11.5 Å². The van der Waals surface area contributed by atoms with Crippen LogP contribution in [0.25, 0.3) is 6.08 Å². The molecule has 29 heavy (non-hydrogen) atoms. The lowest BCUT2D eigenvalue weighted by atomic mass is 10.1. The van der Waals surface area contributed by atoms with Crippen molar-refractivity contribution in [2.24, 2.45) is 0 Å². The number of hydrogen-bond acceptors (Lipinski definition) is 6. The molecule has 0 N–H and O–H groups in total. The Balaban J connectivity index is 1.29. The summed E-state index contributed by atoms with van der Waals surface area (Å²) < 4.78 is 10.8. The first-order valence-corrected chi connectivity index (χ1v) is 9.41. The molecular formula is C21H21N3O5. The quantitative estimate of drug-likeness (QED) is 0.440. The number of non-ortho nitro benzene ring substituents is 1. The Morgan fingerprint density at radius 2 is 1.86 bits per heavy atom. The topological polar surface area (TPSA) is 85.2 Å². The van der Waals surface area contributed by atoms with Crippen molar-refractivity contribution in [2.75, 3.05) is 33.0 Å². The van der Waals surface area contributed by atoms with Crippen LogP contribution in [0.1, 0.15) is 11.1 Å². The maximum atomic E-state index is 12.4. The van der Waals surface area contributed by atoms with Crippen LogP contribution in [0.5, 0.6) is 11.5 Å². The first-order chi connectivity index (χ1) is 14.1. The van der Waals surface area contributed by atoms with E-state index in [1.807, 2.05) is 18.2 Å². The highest BCUT2D eigenvalue weighted by Crippen LogP contribution is 2.32. The molecule has 2 heterocycles. The van der Waals surface area contributed by atoms with Crippen LogP contribution in [-0.2, 0) is 11.3 Å². The molecule has 1 amide bonds. The number of amides is 1. The predicted molar refractivity (Wildman–Crippen MR) is 107 cm³/mol. The Hall–Kier alpha value is -3.39. The Bertz CT molecular complexity index is 951. The molecule has 0 saturated carbocycles. The average Bonchev–Trinajstić information content (AvgIpc) is 3.20. The Morgan fingerprint density at radius 1 is 1.07 bits per heavy atom. The van der Waals surface area contributed by atoms with Gasteiger partial charge in [0.1, 0.15) is 0 Å². The number of nitro benzene ring substituents is 1. The van der Waals surface area contributed by atoms with Gasteiger partial charge in [-0.3, -0.25) is 19.8 Å². The highest BCUT2D eigenvalue weighted by molar-refractivity contribution is 5.91. The maximum Gasteiger partial charge on any atom is 0.270 e. The maximum absolute atomic E-state index is 12.4. The van der Waals surface area contributed by atoms with Gasteiger partial charge >= 0.3 is 0 Å². The molecule has 2 aliphatic heterocycles. The van der Waals surface area contributed by atoms with E-state index in [1.165, 1.54) is 18.2 Å². The van der Waals surface area contributed by atoms with Crippen molar-refractivity contribution in [1.82, 2.24) is 9.80 Å². The number of nitro groups is 1. The minimum Gasteiger partial charge on any atom is -0.454 e. The van der Waals surface area contributed by atoms with Gasteiger partial charge in [-0.2, -0.15) is 0 Å². The van der Waals surface area contributed by atoms with E-state index in [1.54, 1.807) is 23.1 Å². The van der Waals surface area contributed by atoms with E-state index in [0.29, 0.717) is 18.7 Å². The number of piperazine rings is 1. The molecule has 2 aliphatic rings. The third-order valence-corrected chi connectivity index (χ3v) is 5.03. The number of fused-ring (bicyclic) bond motifs is 1. The number of benzene rings is 2. The zero-order valence-electron chi connectivity index (χ0n) is 15.8. The van der Waals surface area contributed by atoms with E-state index in [4.69, 9.17) is 9.47 Å². The molecule has 1 saturated heterocycles. The summed E-state index contributed by atoms with van der Waals surface area (Å²) in [5, 5.41) is 10.8. The summed E-state index contributed by atoms with van der Waals surface area (Å²) in [7, 11) is 0. The van der Waals surface area contributed by atoms with E-state index in [9.17, 15) is 14.9 Å². The molecule has 8 heteroatoms. The number of ether oxygens (including phenoxy) is 2. The fraction of sp³-hybridized carbons (Fsp3) is 0.286. The van der Waals surface area contributed by atoms with Crippen LogP contribution in [0.4, 0.5) is 5.69 Å². The summed E-state index contributed by atoms with van der Waals surface area (Å²) in [5.41, 5.74) is 1.80. The largest absolute Gasteiger partial charge is 0.454 e. The second kappa shape index (κ2) is 8.32. The van der Waals surface area contributed by atoms with Crippen LogP contribution in [0, 0.1) is 10.1 Å². The van der Waals surface area contributed by atoms with Gasteiger partial charge in [-0.05, 0) is 29.3 Å². The third kappa shape index (κ3) is 4.55. The predicted octanol–water partition coefficient (Wildman–Crippen LogP) is 2.68. The monoisotopic (exact) mass is 395 g/mol. The summed E-state index contributed by atoms with van der Waals surface area (Å²) in [6, 6.07) is 12.2. The van der Waals surface area contributed by atoms with Gasteiger partial charge < -0.3 is 14.4 Å². The molecule has 0 radical (unpaired) electrons. The van der Waals surface area contributed by atoms with Gasteiger partial charge in [-0.25, -0.2) is 0 Å². The van der Waals surface area contributed by atoms with Gasteiger partial charge in [0.25, 0.3) is 5.69 Å². The molecule has 150 valence electrons. The van der Waals surface area contributed by atoms with Gasteiger partial charge in [0.05, 0.1) is 4.92 Å². The molecule has 0 unspecified atom stereocenters. The number of rotatable bonds is 5. The average molecular weight is 395 g/mol. The first-order valence-electron chi connectivity index (χ1n) is 9.41. The number of carbonyl (C=O) groups excluding carboxylic acids is 1. The molecule has 8 nitrogen and oxygen atoms in total. The molecular weight excluding hydrogens is 374 g/mol. The van der Waals surface area contributed by atoms with Crippen molar-refractivity contribution in [3.8, 4) is 11.5 Å². The lowest BCUT2D eigenvalue weighted by Gasteiger charge is -2.34. The molecule has 4 rings (SSSR count). The van der Waals surface area contributed by atoms with Gasteiger partial charge in [0.2, 0.25) is 12.7 Å². The minimum absolute atomic E-state index is 0.0109. The van der Waals surface area contributed by atoms with Crippen molar-refractivity contribution in [3.05, 3.63) is 69.8 Å². The third-order valence-electron chi connectivity index (χ3n) is 5.03. The fourth-order valence-corrected chi connectivity index (χ4v) is 3.44. The summed E-state index contributed by atoms with van der Waals surface area (Å²) in [6.45, 7) is 3.91. The van der Waals surface area contributed by atoms with Crippen LogP contribution >= 0.6 is 0 Å². The standard InChI is InChI=1S/C21H21N3O5/c25-21(7-5-16-2-1-3-18(12-16)24(26)27)23-10-8-22(9-11-23)14-17-4-6-19-20(13-17)29-15-28-19/h1-7,12-13H,8-11,14-15H2/b7-5+. The molecule has 0 aliphatic carbocycles. The highest BCUT2D eigenvalue weighted by Gasteiger charge is 2.21. The van der Waals surface area contributed by atoms with Crippen LogP contribution < -0.4 is 9.47 Å². The van der Waals surface area contributed by atoms with Gasteiger partial charge in [0, 0.05) is 50.9 Å². The molecule has 2 aromatic carbocycles. The molecule has 2 aromatic rings. The van der Waals surface area contributed by atoms with Crippen molar-refractivity contribution < 1.29 is 19.2 Å². The Morgan fingerprint density at radius 3 is 2.66 bits per heavy atom. The zero-order valence-corrected chi connectivity index (χ0v) is 15.8. The van der Waals surface area contributed by atoms with Crippen LogP contribution in [0.2, 0.25) is 0 Å². The van der Waals surface area contributed by atoms with E-state index in [2.05, 4.69) is 4.90 Å². The lowest BCUT2D eigenvalue weighted by molar-refractivity contribution is -0.384. The van der Waals surface area contributed by atoms with E-state index < -0.39 is 4.92 Å². The smallest absolute Gasteiger partial charge is 0.270 e. The summed E-state index contributed by atoms with van der Waals surface area (Å²) in [6.07, 6.45) is 3.10. The fourth-order valence-electron chi connectivity index (χ4n) is 3.44. The SMILES string of the molecule is O=C(/C=C/c1cccc([N+](=O)[O-])c1)N1CCN(Cc2ccc3c(c2)OCO3)CC1. The van der Waals surface area contributed by atoms with Crippen molar-refractivity contribution in [2.45, 2.75) is 6.54 Å². The molecule has 1 fully saturated rings. The lowest BCUT2D eigenvalue weighted by Crippen LogP contribution is -2.47. The first kappa shape index (κ1) is 18.9. The molecule has 0 atom stereocenters. The molecule has 0 spiro atoms. The number of hydrogen-bond donors (Lipinski definition) is 0. The normalized spacial score (nSPS) is 16.3. The van der Waals surface area contributed by atoms with Crippen molar-refractivity contribution in [3.63, 3.8) is 0 Å². The second-order valence-electron chi connectivity index (χ2n) is 6.97. The molecule has 0 aromatic heterocycles. The second-order valence-corrected chi connectivity index (χ2v) is 6.97. The van der Waals surface area contributed by atoms with Gasteiger partial charge in [-0.15, -0.1) is 0 Å². The van der Waals surface area contributed by atoms with Crippen molar-refractivity contribution in [1.29, 1.82) is 0 Å². The van der Waals surface area contributed by atoms with Crippen LogP contribution in [0.3, 0.4) is 0 Å². The Kier molecular flexibility index (Phi) is 5.44. The van der Waals surface area contributed by atoms with Crippen LogP contribution in [-0.4, -0.2) is 53.6 Å². The number of carbonyl (C=O) groups is 1. The number of nitrogens with zero attached hydrogens (tertiary/aromatic N) is 3. The Labute approximate surface area is 168 Å².